The Balaban J connectivity index is 0.000000101. The van der Waals surface area contributed by atoms with E-state index in [-0.39, 0.29) is 47.4 Å². The Morgan fingerprint density at radius 2 is 0.650 bits per heavy atom. The molecule has 10 aliphatic heterocycles. The summed E-state index contributed by atoms with van der Waals surface area (Å²) < 4.78 is 31.2. The Hall–Kier alpha value is -12.7. The lowest BCUT2D eigenvalue weighted by molar-refractivity contribution is 0.0599. The maximum atomic E-state index is 13.9. The molecule has 0 aliphatic carbocycles. The van der Waals surface area contributed by atoms with Crippen molar-refractivity contribution in [3.05, 3.63) is 295 Å². The number of aliphatic imine (C=N–C) groups is 5. The van der Waals surface area contributed by atoms with E-state index >= 15 is 0 Å². The van der Waals surface area contributed by atoms with Crippen LogP contribution in [0.5, 0.6) is 0 Å². The van der Waals surface area contributed by atoms with Crippen LogP contribution < -0.4 is 24.5 Å². The fraction of sp³-hybridized carbons (Fsp3) is 0.208. The largest absolute Gasteiger partial charge is 0.464 e. The molecular weight excluding hydrogens is 1670 g/mol. The first kappa shape index (κ1) is 80.1. The van der Waals surface area contributed by atoms with E-state index in [4.69, 9.17) is 41.4 Å². The standard InChI is InChI=1S/C21H18N2O3.C20H15FN2O3.C19H13ClN2O3.C18H15BrN2O2.C18H15ClN2O2/c1-12-9-16-17(10-13(12)2)22-20-21(25,19(16)24)6-7-23(20)15-4-3-14-5-8-26-18(14)11-15;1-11-8-16-14(10-15(11)21)18(24)20(25)5-6-23(19(20)22-16)13-3-2-12-4-7-26-17(12)9-13;20-12-2-4-15-14(9-12)17(23)19(24)6-7-22(18(19)21-15)13-3-1-11-5-8-25-16(11)10-13;2*1-11-5-6-15-14(9-11)16(22)18(23)7-8-21(17(18)20-15)13-4-2-3-12(19)10-13/h3-5,8-11,25H,6-7H2,1-2H3;2-4,7-10,25H,5-6H2,1H3;1-5,8-10,24H,6-7H2;2*2-6,9-10,23H,7-8H2,1H3/t21-;20-;19-;2*18-/m11111/s1. The number of Topliss-reactive ketones (excluding diaryl/α,β-unsaturated/α-hetero) is 5. The number of fused-ring (bicyclic) bond motifs is 13. The minimum atomic E-state index is -1.73. The highest BCUT2D eigenvalue weighted by Crippen LogP contribution is 2.48. The van der Waals surface area contributed by atoms with Gasteiger partial charge in [0.2, 0.25) is 28.9 Å². The molecule has 3 aromatic heterocycles. The number of furan rings is 3. The fourth-order valence-corrected chi connectivity index (χ4v) is 18.4. The summed E-state index contributed by atoms with van der Waals surface area (Å²) in [6, 6.07) is 60.6. The minimum absolute atomic E-state index is 0.127. The number of hydrogen-bond donors (Lipinski definition) is 5. The van der Waals surface area contributed by atoms with E-state index in [1.807, 2.05) is 204 Å². The zero-order valence-corrected chi connectivity index (χ0v) is 69.9. The predicted octanol–water partition coefficient (Wildman–Crippen LogP) is 18.8. The van der Waals surface area contributed by atoms with Gasteiger partial charge in [-0.2, -0.15) is 0 Å². The van der Waals surface area contributed by atoms with E-state index in [2.05, 4.69) is 35.9 Å². The molecule has 0 unspecified atom stereocenters. The van der Waals surface area contributed by atoms with Crippen molar-refractivity contribution in [2.45, 2.75) is 94.7 Å². The van der Waals surface area contributed by atoms with Gasteiger partial charge in [0.05, 0.1) is 47.2 Å². The number of hydrogen-bond acceptors (Lipinski definition) is 23. The van der Waals surface area contributed by atoms with E-state index in [1.165, 1.54) is 6.07 Å². The summed E-state index contributed by atoms with van der Waals surface area (Å²) in [5.41, 5.74) is 7.73. The molecule has 5 atom stereocenters. The SMILES string of the molecule is Cc1cc2c(cc1C)C(=O)[C@]1(O)CCN(c3ccc4ccoc4c3)C1=N2.Cc1cc2c(cc1F)C(=O)[C@]1(O)CCN(c3ccc4ccoc4c3)C1=N2.Cc1ccc2c(c1)C(=O)[C@]1(O)CCN(c3cccc(Br)c3)C1=N2.Cc1ccc2c(c1)C(=O)[C@]1(O)CCN(c3cccc(Cl)c3)C1=N2.O=C1c2cc(Cl)ccc2N=C2N(c3ccc4ccoc4c3)CC[C@@]12O. The number of carbonyl (C=O) groups excluding carboxylic acids is 5. The first-order chi connectivity index (χ1) is 59.0. The molecule has 0 radical (unpaired) electrons. The number of aliphatic hydroxyl groups is 5. The van der Waals surface area contributed by atoms with Gasteiger partial charge in [0.25, 0.3) is 0 Å². The molecule has 616 valence electrons. The number of ketones is 5. The van der Waals surface area contributed by atoms with Crippen molar-refractivity contribution < 1.29 is 67.1 Å². The van der Waals surface area contributed by atoms with Crippen LogP contribution in [0, 0.1) is 40.4 Å². The average molecular weight is 1750 g/mol. The number of rotatable bonds is 5. The van der Waals surface area contributed by atoms with Gasteiger partial charge < -0.3 is 63.3 Å². The van der Waals surface area contributed by atoms with Crippen LogP contribution in [-0.4, -0.2) is 144 Å². The Labute approximate surface area is 721 Å². The third kappa shape index (κ3) is 13.5. The number of amidine groups is 5. The van der Waals surface area contributed by atoms with Crippen molar-refractivity contribution in [1.29, 1.82) is 0 Å². The lowest BCUT2D eigenvalue weighted by Gasteiger charge is -2.30. The molecule has 23 nitrogen and oxygen atoms in total. The number of anilines is 5. The summed E-state index contributed by atoms with van der Waals surface area (Å²) in [7, 11) is 0. The number of halogens is 4. The zero-order valence-electron chi connectivity index (χ0n) is 66.8. The summed E-state index contributed by atoms with van der Waals surface area (Å²) in [6.45, 7) is 12.0. The minimum Gasteiger partial charge on any atom is -0.464 e. The maximum Gasteiger partial charge on any atom is 0.204 e. The molecule has 123 heavy (non-hydrogen) atoms. The molecule has 0 bridgehead atoms. The first-order valence-electron chi connectivity index (χ1n) is 40.0. The van der Waals surface area contributed by atoms with E-state index in [9.17, 15) is 53.9 Å². The number of benzene rings is 10. The molecule has 0 amide bonds. The van der Waals surface area contributed by atoms with Gasteiger partial charge in [-0.1, -0.05) is 74.5 Å². The molecule has 5 fully saturated rings. The van der Waals surface area contributed by atoms with Crippen LogP contribution in [0.4, 0.5) is 61.3 Å². The van der Waals surface area contributed by atoms with Crippen molar-refractivity contribution in [1.82, 2.24) is 0 Å². The van der Waals surface area contributed by atoms with Crippen LogP contribution in [0.2, 0.25) is 10.0 Å². The molecule has 27 heteroatoms. The van der Waals surface area contributed by atoms with Gasteiger partial charge in [0.15, 0.2) is 28.0 Å². The highest BCUT2D eigenvalue weighted by Gasteiger charge is 2.58. The monoisotopic (exact) mass is 1740 g/mol. The second-order valence-electron chi connectivity index (χ2n) is 32.3. The second-order valence-corrected chi connectivity index (χ2v) is 34.1. The maximum absolute atomic E-state index is 13.9. The second kappa shape index (κ2) is 30.1. The number of aryl methyl sites for hydroxylation is 5. The van der Waals surface area contributed by atoms with Crippen molar-refractivity contribution in [3.63, 3.8) is 0 Å². The Kier molecular flexibility index (Phi) is 19.6. The van der Waals surface area contributed by atoms with Crippen molar-refractivity contribution in [3.8, 4) is 0 Å². The van der Waals surface area contributed by atoms with Crippen molar-refractivity contribution in [2.75, 3.05) is 57.2 Å². The summed E-state index contributed by atoms with van der Waals surface area (Å²) in [5, 5.41) is 59.2. The molecule has 13 heterocycles. The average Bonchev–Trinajstić information content (AvgIpc) is 1.62. The predicted molar refractivity (Wildman–Crippen MR) is 477 cm³/mol. The molecule has 5 N–H and O–H groups in total. The number of carbonyl (C=O) groups is 5. The normalized spacial score (nSPS) is 22.1. The lowest BCUT2D eigenvalue weighted by Crippen LogP contribution is -2.48. The molecule has 13 aromatic rings. The van der Waals surface area contributed by atoms with Crippen molar-refractivity contribution in [2.24, 2.45) is 25.0 Å². The summed E-state index contributed by atoms with van der Waals surface area (Å²) >= 11 is 15.5. The summed E-state index contributed by atoms with van der Waals surface area (Å²) in [5.74, 6) is -0.244. The molecule has 0 saturated carbocycles. The third-order valence-electron chi connectivity index (χ3n) is 24.5. The van der Waals surface area contributed by atoms with Gasteiger partial charge in [-0.15, -0.1) is 0 Å². The van der Waals surface area contributed by atoms with Crippen LogP contribution in [0.15, 0.2) is 262 Å². The molecule has 5 saturated heterocycles. The lowest BCUT2D eigenvalue weighted by atomic mass is 9.86. The fourth-order valence-electron chi connectivity index (χ4n) is 17.6. The smallest absolute Gasteiger partial charge is 0.204 e. The highest BCUT2D eigenvalue weighted by atomic mass is 79.9. The van der Waals surface area contributed by atoms with Gasteiger partial charge in [-0.05, 0) is 209 Å². The number of nitrogens with zero attached hydrogens (tertiary/aromatic N) is 10. The molecule has 10 aliphatic rings. The topological polar surface area (TPSA) is 304 Å². The van der Waals surface area contributed by atoms with Gasteiger partial charge in [-0.3, -0.25) is 24.0 Å². The van der Waals surface area contributed by atoms with Crippen molar-refractivity contribution >= 4 is 187 Å². The first-order valence-corrected chi connectivity index (χ1v) is 41.6. The third-order valence-corrected chi connectivity index (χ3v) is 25.5. The molecule has 0 spiro atoms. The van der Waals surface area contributed by atoms with Crippen LogP contribution in [0.25, 0.3) is 32.9 Å². The van der Waals surface area contributed by atoms with Gasteiger partial charge in [0.1, 0.15) is 51.7 Å². The molecular formula is C96H76BrCl2FN10O13. The van der Waals surface area contributed by atoms with Crippen LogP contribution in [0.1, 0.15) is 112 Å². The highest BCUT2D eigenvalue weighted by molar-refractivity contribution is 9.10. The van der Waals surface area contributed by atoms with Crippen LogP contribution in [0.3, 0.4) is 0 Å². The van der Waals surface area contributed by atoms with E-state index < -0.39 is 39.6 Å². The Morgan fingerprint density at radius 1 is 0.333 bits per heavy atom. The summed E-state index contributed by atoms with van der Waals surface area (Å²) in [4.78, 5) is 96.9. The molecule has 10 aromatic carbocycles. The van der Waals surface area contributed by atoms with Gasteiger partial charge in [0, 0.05) is 170 Å². The Morgan fingerprint density at radius 3 is 1.04 bits per heavy atom. The quantitative estimate of drug-likeness (QED) is 0.107. The van der Waals surface area contributed by atoms with E-state index in [0.717, 1.165) is 88.1 Å². The van der Waals surface area contributed by atoms with Crippen LogP contribution in [-0.2, 0) is 0 Å². The summed E-state index contributed by atoms with van der Waals surface area (Å²) in [6.07, 6.45) is 6.39. The zero-order chi connectivity index (χ0) is 85.7. The van der Waals surface area contributed by atoms with E-state index in [0.29, 0.717) is 142 Å². The van der Waals surface area contributed by atoms with E-state index in [1.54, 1.807) is 68.2 Å². The Bertz CT molecular complexity index is 6590. The van der Waals surface area contributed by atoms with Gasteiger partial charge in [-0.25, -0.2) is 29.4 Å². The molecule has 23 rings (SSSR count). The van der Waals surface area contributed by atoms with Crippen LogP contribution >= 0.6 is 39.1 Å². The van der Waals surface area contributed by atoms with Gasteiger partial charge >= 0.3 is 0 Å².